The van der Waals surface area contributed by atoms with E-state index in [9.17, 15) is 4.79 Å². The maximum atomic E-state index is 12.5. The lowest BCUT2D eigenvalue weighted by atomic mass is 10.0. The highest BCUT2D eigenvalue weighted by molar-refractivity contribution is 5.92. The van der Waals surface area contributed by atoms with Crippen molar-refractivity contribution in [1.29, 1.82) is 0 Å². The van der Waals surface area contributed by atoms with Crippen molar-refractivity contribution in [3.8, 4) is 22.9 Å². The van der Waals surface area contributed by atoms with Crippen LogP contribution in [0, 0.1) is 0 Å². The van der Waals surface area contributed by atoms with Gasteiger partial charge in [-0.15, -0.1) is 0 Å². The zero-order chi connectivity index (χ0) is 22.3. The molecule has 0 saturated heterocycles. The zero-order valence-electron chi connectivity index (χ0n) is 18.1. The van der Waals surface area contributed by atoms with Crippen LogP contribution in [0.2, 0.25) is 0 Å². The SMILES string of the molecule is CC(C)c1ccc(-c2noc(CCC(=O)Nc3ccccc3Oc3ccccc3)n2)cc1. The highest BCUT2D eigenvalue weighted by Crippen LogP contribution is 2.29. The molecule has 162 valence electrons. The Bertz CT molecular complexity index is 1170. The fourth-order valence-electron chi connectivity index (χ4n) is 3.20. The lowest BCUT2D eigenvalue weighted by molar-refractivity contribution is -0.116. The van der Waals surface area contributed by atoms with E-state index in [2.05, 4.69) is 41.4 Å². The van der Waals surface area contributed by atoms with Crippen molar-refractivity contribution >= 4 is 11.6 Å². The summed E-state index contributed by atoms with van der Waals surface area (Å²) >= 11 is 0. The number of para-hydroxylation sites is 3. The third-order valence-corrected chi connectivity index (χ3v) is 5.00. The lowest BCUT2D eigenvalue weighted by Crippen LogP contribution is -2.13. The fraction of sp³-hybridized carbons (Fsp3) is 0.192. The van der Waals surface area contributed by atoms with Gasteiger partial charge < -0.3 is 14.6 Å². The molecule has 6 heteroatoms. The standard InChI is InChI=1S/C26H25N3O3/c1-18(2)19-12-14-20(15-13-19)26-28-25(32-29-26)17-16-24(30)27-22-10-6-7-11-23(22)31-21-8-4-3-5-9-21/h3-15,18H,16-17H2,1-2H3,(H,27,30). The Morgan fingerprint density at radius 1 is 0.969 bits per heavy atom. The van der Waals surface area contributed by atoms with Gasteiger partial charge in [0.2, 0.25) is 17.6 Å². The van der Waals surface area contributed by atoms with Gasteiger partial charge in [0, 0.05) is 18.4 Å². The Kier molecular flexibility index (Phi) is 6.60. The van der Waals surface area contributed by atoms with Gasteiger partial charge in [-0.3, -0.25) is 4.79 Å². The molecule has 0 bridgehead atoms. The Morgan fingerprint density at radius 3 is 2.44 bits per heavy atom. The second-order valence-electron chi connectivity index (χ2n) is 7.75. The average molecular weight is 428 g/mol. The van der Waals surface area contributed by atoms with Crippen LogP contribution in [0.5, 0.6) is 11.5 Å². The van der Waals surface area contributed by atoms with Gasteiger partial charge in [-0.05, 0) is 35.7 Å². The smallest absolute Gasteiger partial charge is 0.227 e. The molecule has 0 atom stereocenters. The molecule has 0 aliphatic heterocycles. The monoisotopic (exact) mass is 427 g/mol. The molecule has 32 heavy (non-hydrogen) atoms. The predicted octanol–water partition coefficient (Wildman–Crippen LogP) is 6.22. The van der Waals surface area contributed by atoms with Crippen LogP contribution in [0.25, 0.3) is 11.4 Å². The summed E-state index contributed by atoms with van der Waals surface area (Å²) in [6, 6.07) is 24.9. The van der Waals surface area contributed by atoms with Crippen LogP contribution in [-0.4, -0.2) is 16.0 Å². The largest absolute Gasteiger partial charge is 0.455 e. The topological polar surface area (TPSA) is 77.2 Å². The molecule has 0 saturated carbocycles. The van der Waals surface area contributed by atoms with Gasteiger partial charge >= 0.3 is 0 Å². The third-order valence-electron chi connectivity index (χ3n) is 5.00. The Balaban J connectivity index is 1.35. The minimum absolute atomic E-state index is 0.157. The third kappa shape index (κ3) is 5.40. The number of carbonyl (C=O) groups is 1. The van der Waals surface area contributed by atoms with Crippen molar-refractivity contribution in [1.82, 2.24) is 10.1 Å². The molecular weight excluding hydrogens is 402 g/mol. The molecule has 0 aliphatic rings. The summed E-state index contributed by atoms with van der Waals surface area (Å²) in [7, 11) is 0. The van der Waals surface area contributed by atoms with E-state index in [4.69, 9.17) is 9.26 Å². The van der Waals surface area contributed by atoms with Crippen LogP contribution in [0.1, 0.15) is 37.6 Å². The van der Waals surface area contributed by atoms with Crippen LogP contribution >= 0.6 is 0 Å². The Labute approximate surface area is 187 Å². The number of nitrogens with one attached hydrogen (secondary N) is 1. The Morgan fingerprint density at radius 2 is 1.69 bits per heavy atom. The van der Waals surface area contributed by atoms with E-state index in [1.54, 1.807) is 0 Å². The predicted molar refractivity (Wildman–Crippen MR) is 124 cm³/mol. The van der Waals surface area contributed by atoms with Crippen LogP contribution < -0.4 is 10.1 Å². The first-order valence-electron chi connectivity index (χ1n) is 10.6. The van der Waals surface area contributed by atoms with Crippen LogP contribution in [0.15, 0.2) is 83.4 Å². The van der Waals surface area contributed by atoms with Crippen LogP contribution in [-0.2, 0) is 11.2 Å². The maximum absolute atomic E-state index is 12.5. The van der Waals surface area contributed by atoms with E-state index < -0.39 is 0 Å². The number of amides is 1. The minimum atomic E-state index is -0.157. The average Bonchev–Trinajstić information content (AvgIpc) is 3.29. The first-order valence-corrected chi connectivity index (χ1v) is 10.6. The molecule has 0 aliphatic carbocycles. The molecule has 1 heterocycles. The number of nitrogens with zero attached hydrogens (tertiary/aromatic N) is 2. The van der Waals surface area contributed by atoms with Gasteiger partial charge in [0.05, 0.1) is 5.69 Å². The highest BCUT2D eigenvalue weighted by Gasteiger charge is 2.13. The van der Waals surface area contributed by atoms with E-state index in [1.807, 2.05) is 66.7 Å². The molecule has 0 unspecified atom stereocenters. The summed E-state index contributed by atoms with van der Waals surface area (Å²) in [5.41, 5.74) is 2.75. The van der Waals surface area contributed by atoms with E-state index >= 15 is 0 Å². The highest BCUT2D eigenvalue weighted by atomic mass is 16.5. The number of carbonyl (C=O) groups excluding carboxylic acids is 1. The second kappa shape index (κ2) is 9.92. The number of benzene rings is 3. The molecule has 0 fully saturated rings. The molecule has 0 spiro atoms. The minimum Gasteiger partial charge on any atom is -0.455 e. The molecule has 6 nitrogen and oxygen atoms in total. The van der Waals surface area contributed by atoms with Gasteiger partial charge in [-0.1, -0.05) is 73.6 Å². The quantitative estimate of drug-likeness (QED) is 0.361. The lowest BCUT2D eigenvalue weighted by Gasteiger charge is -2.11. The van der Waals surface area contributed by atoms with Crippen molar-refractivity contribution < 1.29 is 14.1 Å². The second-order valence-corrected chi connectivity index (χ2v) is 7.75. The summed E-state index contributed by atoms with van der Waals surface area (Å²) in [6.07, 6.45) is 0.568. The van der Waals surface area contributed by atoms with E-state index in [0.29, 0.717) is 41.2 Å². The van der Waals surface area contributed by atoms with Crippen molar-refractivity contribution in [2.24, 2.45) is 0 Å². The first kappa shape index (κ1) is 21.3. The van der Waals surface area contributed by atoms with E-state index in [1.165, 1.54) is 5.56 Å². The van der Waals surface area contributed by atoms with Crippen molar-refractivity contribution in [3.05, 3.63) is 90.3 Å². The molecule has 1 amide bonds. The number of hydrogen-bond acceptors (Lipinski definition) is 5. The van der Waals surface area contributed by atoms with Crippen LogP contribution in [0.3, 0.4) is 0 Å². The molecule has 1 aromatic heterocycles. The van der Waals surface area contributed by atoms with Gasteiger partial charge in [-0.25, -0.2) is 0 Å². The summed E-state index contributed by atoms with van der Waals surface area (Å²) in [5, 5.41) is 6.95. The van der Waals surface area contributed by atoms with Crippen molar-refractivity contribution in [3.63, 3.8) is 0 Å². The number of rotatable bonds is 8. The van der Waals surface area contributed by atoms with Crippen LogP contribution in [0.4, 0.5) is 5.69 Å². The molecular formula is C26H25N3O3. The summed E-state index contributed by atoms with van der Waals surface area (Å²) < 4.78 is 11.2. The number of hydrogen-bond donors (Lipinski definition) is 1. The fourth-order valence-corrected chi connectivity index (χ4v) is 3.20. The van der Waals surface area contributed by atoms with Crippen molar-refractivity contribution in [2.45, 2.75) is 32.6 Å². The number of ether oxygens (including phenoxy) is 1. The number of aryl methyl sites for hydroxylation is 1. The van der Waals surface area contributed by atoms with E-state index in [0.717, 1.165) is 5.56 Å². The summed E-state index contributed by atoms with van der Waals surface area (Å²) in [5.74, 6) is 2.54. The first-order chi connectivity index (χ1) is 15.6. The van der Waals surface area contributed by atoms with Crippen molar-refractivity contribution in [2.75, 3.05) is 5.32 Å². The molecule has 4 rings (SSSR count). The molecule has 4 aromatic rings. The summed E-state index contributed by atoms with van der Waals surface area (Å²) in [6.45, 7) is 4.30. The van der Waals surface area contributed by atoms with Gasteiger partial charge in [0.15, 0.2) is 5.75 Å². The normalized spacial score (nSPS) is 10.8. The number of aromatic nitrogens is 2. The number of anilines is 1. The Hall–Kier alpha value is -3.93. The summed E-state index contributed by atoms with van der Waals surface area (Å²) in [4.78, 5) is 16.9. The molecule has 0 radical (unpaired) electrons. The molecule has 1 N–H and O–H groups in total. The van der Waals surface area contributed by atoms with Gasteiger partial charge in [0.1, 0.15) is 5.75 Å². The van der Waals surface area contributed by atoms with Gasteiger partial charge in [-0.2, -0.15) is 4.98 Å². The van der Waals surface area contributed by atoms with E-state index in [-0.39, 0.29) is 12.3 Å². The zero-order valence-corrected chi connectivity index (χ0v) is 18.1. The maximum Gasteiger partial charge on any atom is 0.227 e. The van der Waals surface area contributed by atoms with Gasteiger partial charge in [0.25, 0.3) is 0 Å². The molecule has 3 aromatic carbocycles.